The number of ketones is 1. The van der Waals surface area contributed by atoms with Crippen LogP contribution in [0.15, 0.2) is 18.2 Å². The molecule has 0 aliphatic heterocycles. The Hall–Kier alpha value is -1.28. The summed E-state index contributed by atoms with van der Waals surface area (Å²) in [5.74, 6) is 0.127. The van der Waals surface area contributed by atoms with E-state index in [0.717, 1.165) is 40.0 Å². The molecule has 0 unspecified atom stereocenters. The number of carbonyl (C=O) groups excluding carboxylic acids is 1. The lowest BCUT2D eigenvalue weighted by Gasteiger charge is -2.07. The molecule has 88 valence electrons. The van der Waals surface area contributed by atoms with Crippen LogP contribution >= 0.6 is 11.6 Å². The van der Waals surface area contributed by atoms with Crippen LogP contribution in [-0.4, -0.2) is 10.4 Å². The second-order valence-electron chi connectivity index (χ2n) is 4.76. The molecule has 0 spiro atoms. The molecule has 17 heavy (non-hydrogen) atoms. The Labute approximate surface area is 105 Å². The second-order valence-corrected chi connectivity index (χ2v) is 5.17. The minimum atomic E-state index is 0.127. The fourth-order valence-corrected chi connectivity index (χ4v) is 2.96. The Bertz CT molecular complexity index is 623. The summed E-state index contributed by atoms with van der Waals surface area (Å²) >= 11 is 6.25. The van der Waals surface area contributed by atoms with Crippen molar-refractivity contribution < 1.29 is 4.79 Å². The van der Waals surface area contributed by atoms with Gasteiger partial charge in [0.05, 0.1) is 16.2 Å². The fraction of sp³-hybridized carbons (Fsp3) is 0.357. The van der Waals surface area contributed by atoms with Crippen LogP contribution in [0.5, 0.6) is 0 Å². The number of fused-ring (bicyclic) bond motifs is 1. The van der Waals surface area contributed by atoms with E-state index in [2.05, 4.69) is 10.6 Å². The third-order valence-electron chi connectivity index (χ3n) is 3.47. The normalized spacial score (nSPS) is 15.5. The van der Waals surface area contributed by atoms with Crippen molar-refractivity contribution in [2.45, 2.75) is 32.7 Å². The smallest absolute Gasteiger partial charge is 0.176 e. The van der Waals surface area contributed by atoms with Crippen molar-refractivity contribution in [3.63, 3.8) is 0 Å². The lowest BCUT2D eigenvalue weighted by molar-refractivity contribution is 0.100. The first-order valence-electron chi connectivity index (χ1n) is 5.91. The largest absolute Gasteiger partial charge is 0.335 e. The van der Waals surface area contributed by atoms with Gasteiger partial charge in [0.25, 0.3) is 0 Å². The summed E-state index contributed by atoms with van der Waals surface area (Å²) in [5.41, 5.74) is 2.95. The number of halogens is 1. The quantitative estimate of drug-likeness (QED) is 0.731. The van der Waals surface area contributed by atoms with E-state index in [4.69, 9.17) is 11.6 Å². The van der Waals surface area contributed by atoms with E-state index in [1.54, 1.807) is 6.92 Å². The summed E-state index contributed by atoms with van der Waals surface area (Å²) in [6.45, 7) is 3.62. The van der Waals surface area contributed by atoms with Crippen LogP contribution in [0.3, 0.4) is 0 Å². The van der Waals surface area contributed by atoms with E-state index < -0.39 is 0 Å². The number of aromatic nitrogens is 1. The molecule has 0 N–H and O–H groups in total. The Balaban J connectivity index is 2.45. The summed E-state index contributed by atoms with van der Waals surface area (Å²) in [4.78, 5) is 11.8. The van der Waals surface area contributed by atoms with E-state index >= 15 is 0 Å². The molecule has 0 atom stereocenters. The molecule has 2 nitrogen and oxygen atoms in total. The third kappa shape index (κ3) is 1.51. The number of hydrogen-bond acceptors (Lipinski definition) is 1. The molecule has 1 aromatic heterocycles. The first-order chi connectivity index (χ1) is 8.11. The van der Waals surface area contributed by atoms with Crippen LogP contribution in [0.25, 0.3) is 10.9 Å². The zero-order chi connectivity index (χ0) is 12.2. The van der Waals surface area contributed by atoms with Gasteiger partial charge >= 0.3 is 0 Å². The Kier molecular flexibility index (Phi) is 2.30. The van der Waals surface area contributed by atoms with Crippen LogP contribution < -0.4 is 0 Å². The van der Waals surface area contributed by atoms with Gasteiger partial charge in [-0.2, -0.15) is 0 Å². The predicted molar refractivity (Wildman–Crippen MR) is 70.0 cm³/mol. The zero-order valence-corrected chi connectivity index (χ0v) is 10.7. The highest BCUT2D eigenvalue weighted by Gasteiger charge is 2.30. The number of carbonyl (C=O) groups is 1. The van der Waals surface area contributed by atoms with Crippen molar-refractivity contribution in [3.05, 3.63) is 34.5 Å². The molecule has 3 heteroatoms. The molecular formula is C14H14ClNO. The third-order valence-corrected chi connectivity index (χ3v) is 3.78. The molecule has 1 aliphatic rings. The maximum atomic E-state index is 11.8. The molecule has 1 saturated carbocycles. The van der Waals surface area contributed by atoms with Crippen LogP contribution in [0.1, 0.15) is 41.9 Å². The highest BCUT2D eigenvalue weighted by atomic mass is 35.5. The van der Waals surface area contributed by atoms with Crippen LogP contribution in [0.2, 0.25) is 5.02 Å². The molecule has 0 amide bonds. The Morgan fingerprint density at radius 2 is 2.12 bits per heavy atom. The van der Waals surface area contributed by atoms with E-state index in [1.165, 1.54) is 0 Å². The van der Waals surface area contributed by atoms with E-state index in [1.807, 2.05) is 19.1 Å². The topological polar surface area (TPSA) is 22.0 Å². The first kappa shape index (κ1) is 10.8. The van der Waals surface area contributed by atoms with Gasteiger partial charge in [-0.15, -0.1) is 0 Å². The van der Waals surface area contributed by atoms with Crippen molar-refractivity contribution in [2.75, 3.05) is 0 Å². The van der Waals surface area contributed by atoms with Crippen LogP contribution in [0.4, 0.5) is 0 Å². The van der Waals surface area contributed by atoms with Crippen molar-refractivity contribution >= 4 is 28.3 Å². The van der Waals surface area contributed by atoms with Gasteiger partial charge in [0.15, 0.2) is 5.78 Å². The monoisotopic (exact) mass is 247 g/mol. The average Bonchev–Trinajstić information content (AvgIpc) is 3.04. The van der Waals surface area contributed by atoms with Gasteiger partial charge in [0.2, 0.25) is 0 Å². The molecule has 1 aromatic carbocycles. The van der Waals surface area contributed by atoms with Gasteiger partial charge in [0.1, 0.15) is 0 Å². The van der Waals surface area contributed by atoms with E-state index in [-0.39, 0.29) is 5.78 Å². The zero-order valence-electron chi connectivity index (χ0n) is 9.96. The summed E-state index contributed by atoms with van der Waals surface area (Å²) in [6, 6.07) is 6.38. The van der Waals surface area contributed by atoms with Crippen LogP contribution in [-0.2, 0) is 0 Å². The van der Waals surface area contributed by atoms with Gasteiger partial charge in [0, 0.05) is 18.4 Å². The number of Topliss-reactive ketones (excluding diaryl/α,β-unsaturated/α-hetero) is 1. The van der Waals surface area contributed by atoms with Crippen molar-refractivity contribution in [1.29, 1.82) is 0 Å². The minimum Gasteiger partial charge on any atom is -0.335 e. The van der Waals surface area contributed by atoms with Gasteiger partial charge in [-0.1, -0.05) is 17.7 Å². The molecule has 0 radical (unpaired) electrons. The maximum absolute atomic E-state index is 11.8. The molecule has 1 heterocycles. The fourth-order valence-electron chi connectivity index (χ4n) is 2.65. The number of hydrogen-bond donors (Lipinski definition) is 0. The van der Waals surface area contributed by atoms with E-state index in [9.17, 15) is 4.79 Å². The summed E-state index contributed by atoms with van der Waals surface area (Å²) in [5, 5.41) is 1.77. The summed E-state index contributed by atoms with van der Waals surface area (Å²) in [7, 11) is 0. The molecule has 1 aliphatic carbocycles. The Morgan fingerprint density at radius 1 is 1.41 bits per heavy atom. The predicted octanol–water partition coefficient (Wildman–Crippen LogP) is 4.14. The lowest BCUT2D eigenvalue weighted by atomic mass is 10.1. The number of rotatable bonds is 2. The molecule has 1 fully saturated rings. The highest BCUT2D eigenvalue weighted by Crippen LogP contribution is 2.42. The van der Waals surface area contributed by atoms with Gasteiger partial charge < -0.3 is 4.57 Å². The number of nitrogens with zero attached hydrogens (tertiary/aromatic N) is 1. The second kappa shape index (κ2) is 3.61. The number of aryl methyl sites for hydroxylation is 1. The maximum Gasteiger partial charge on any atom is 0.176 e. The lowest BCUT2D eigenvalue weighted by Crippen LogP contribution is -2.05. The summed E-state index contributed by atoms with van der Waals surface area (Å²) < 4.78 is 2.18. The molecule has 0 bridgehead atoms. The van der Waals surface area contributed by atoms with Crippen molar-refractivity contribution in [1.82, 2.24) is 4.57 Å². The first-order valence-corrected chi connectivity index (χ1v) is 6.29. The summed E-state index contributed by atoms with van der Waals surface area (Å²) in [6.07, 6.45) is 2.33. The molecule has 0 saturated heterocycles. The standard InChI is InChI=1S/C14H14ClNO/c1-8-13-11(15)4-3-5-12(13)16(10-6-7-10)14(8)9(2)17/h3-5,10H,6-7H2,1-2H3. The number of benzene rings is 1. The average molecular weight is 248 g/mol. The molecule has 2 aromatic rings. The van der Waals surface area contributed by atoms with Gasteiger partial charge in [-0.05, 0) is 37.5 Å². The van der Waals surface area contributed by atoms with E-state index in [0.29, 0.717) is 6.04 Å². The Morgan fingerprint density at radius 3 is 2.71 bits per heavy atom. The van der Waals surface area contributed by atoms with Crippen molar-refractivity contribution in [2.24, 2.45) is 0 Å². The van der Waals surface area contributed by atoms with Crippen LogP contribution in [0, 0.1) is 6.92 Å². The minimum absolute atomic E-state index is 0.127. The molecule has 3 rings (SSSR count). The SMILES string of the molecule is CC(=O)c1c(C)c2c(Cl)cccc2n1C1CC1. The van der Waals surface area contributed by atoms with Gasteiger partial charge in [-0.25, -0.2) is 0 Å². The van der Waals surface area contributed by atoms with Gasteiger partial charge in [-0.3, -0.25) is 4.79 Å². The van der Waals surface area contributed by atoms with Crippen molar-refractivity contribution in [3.8, 4) is 0 Å². The highest BCUT2D eigenvalue weighted by molar-refractivity contribution is 6.36. The molecular weight excluding hydrogens is 234 g/mol.